The minimum Gasteiger partial charge on any atom is -0.465 e. The van der Waals surface area contributed by atoms with Crippen LogP contribution in [0.1, 0.15) is 49.2 Å². The van der Waals surface area contributed by atoms with E-state index in [0.29, 0.717) is 34.4 Å². The van der Waals surface area contributed by atoms with E-state index in [1.165, 1.54) is 0 Å². The fourth-order valence-corrected chi connectivity index (χ4v) is 6.60. The minimum atomic E-state index is -3.51. The minimum absolute atomic E-state index is 0.166. The summed E-state index contributed by atoms with van der Waals surface area (Å²) in [4.78, 5) is 0.308. The molecule has 1 aliphatic heterocycles. The van der Waals surface area contributed by atoms with Gasteiger partial charge in [0.05, 0.1) is 5.88 Å². The summed E-state index contributed by atoms with van der Waals surface area (Å²) in [5.41, 5.74) is 0.620. The van der Waals surface area contributed by atoms with Gasteiger partial charge in [0.1, 0.15) is 16.4 Å². The number of aryl methyl sites for hydroxylation is 2. The maximum absolute atomic E-state index is 13.2. The molecule has 0 aromatic carbocycles. The quantitative estimate of drug-likeness (QED) is 0.795. The van der Waals surface area contributed by atoms with E-state index in [1.807, 2.05) is 0 Å². The number of alkyl halides is 1. The third-order valence-corrected chi connectivity index (χ3v) is 7.36. The monoisotopic (exact) mass is 331 g/mol. The molecule has 1 aliphatic carbocycles. The SMILES string of the molecule is Cc1oc(C)c(S(=O)(=O)N2CCCC3CCCC32)c1CCl. The first-order chi connectivity index (χ1) is 9.96. The van der Waals surface area contributed by atoms with Crippen LogP contribution in [0.5, 0.6) is 0 Å². The Morgan fingerprint density at radius 1 is 1.19 bits per heavy atom. The van der Waals surface area contributed by atoms with Crippen LogP contribution in [-0.2, 0) is 15.9 Å². The summed E-state index contributed by atoms with van der Waals surface area (Å²) in [5, 5.41) is 0. The van der Waals surface area contributed by atoms with Crippen molar-refractivity contribution in [2.45, 2.75) is 62.8 Å². The molecule has 21 heavy (non-hydrogen) atoms. The fourth-order valence-electron chi connectivity index (χ4n) is 4.03. The van der Waals surface area contributed by atoms with Gasteiger partial charge in [-0.1, -0.05) is 6.42 Å². The predicted molar refractivity (Wildman–Crippen MR) is 82.0 cm³/mol. The van der Waals surface area contributed by atoms with Crippen LogP contribution in [0.2, 0.25) is 0 Å². The zero-order chi connectivity index (χ0) is 15.2. The van der Waals surface area contributed by atoms with Gasteiger partial charge in [0.2, 0.25) is 10.0 Å². The average Bonchev–Trinajstić information content (AvgIpc) is 3.01. The number of hydrogen-bond acceptors (Lipinski definition) is 3. The second kappa shape index (κ2) is 5.60. The van der Waals surface area contributed by atoms with Crippen LogP contribution in [0.4, 0.5) is 0 Å². The van der Waals surface area contributed by atoms with Gasteiger partial charge in [0, 0.05) is 18.2 Å². The topological polar surface area (TPSA) is 50.5 Å². The molecule has 4 nitrogen and oxygen atoms in total. The van der Waals surface area contributed by atoms with Crippen molar-refractivity contribution < 1.29 is 12.8 Å². The molecular formula is C15H22ClNO3S. The molecule has 1 saturated carbocycles. The summed E-state index contributed by atoms with van der Waals surface area (Å²) < 4.78 is 33.6. The average molecular weight is 332 g/mol. The molecule has 1 aromatic rings. The van der Waals surface area contributed by atoms with Crippen molar-refractivity contribution in [3.05, 3.63) is 17.1 Å². The molecule has 0 radical (unpaired) electrons. The molecule has 1 saturated heterocycles. The highest BCUT2D eigenvalue weighted by molar-refractivity contribution is 7.89. The maximum Gasteiger partial charge on any atom is 0.247 e. The normalized spacial score (nSPS) is 27.0. The van der Waals surface area contributed by atoms with Crippen LogP contribution < -0.4 is 0 Å². The number of halogens is 1. The van der Waals surface area contributed by atoms with E-state index >= 15 is 0 Å². The van der Waals surface area contributed by atoms with Crippen molar-refractivity contribution in [1.29, 1.82) is 0 Å². The van der Waals surface area contributed by atoms with Crippen molar-refractivity contribution in [1.82, 2.24) is 4.31 Å². The van der Waals surface area contributed by atoms with Crippen LogP contribution in [-0.4, -0.2) is 25.3 Å². The Labute approximate surface area is 131 Å². The first-order valence-corrected chi connectivity index (χ1v) is 9.61. The third-order valence-electron chi connectivity index (χ3n) is 4.97. The predicted octanol–water partition coefficient (Wildman–Crippen LogP) is 3.59. The lowest BCUT2D eigenvalue weighted by Crippen LogP contribution is -2.46. The van der Waals surface area contributed by atoms with Crippen LogP contribution in [0.25, 0.3) is 0 Å². The number of nitrogens with zero attached hydrogens (tertiary/aromatic N) is 1. The number of piperidine rings is 1. The van der Waals surface area contributed by atoms with Gasteiger partial charge in [-0.2, -0.15) is 4.31 Å². The van der Waals surface area contributed by atoms with E-state index in [0.717, 1.165) is 32.1 Å². The smallest absolute Gasteiger partial charge is 0.247 e. The van der Waals surface area contributed by atoms with Gasteiger partial charge < -0.3 is 4.42 Å². The Morgan fingerprint density at radius 3 is 2.62 bits per heavy atom. The Balaban J connectivity index is 2.04. The summed E-state index contributed by atoms with van der Waals surface area (Å²) in [6.45, 7) is 4.11. The zero-order valence-electron chi connectivity index (χ0n) is 12.6. The summed E-state index contributed by atoms with van der Waals surface area (Å²) in [7, 11) is -3.51. The molecule has 1 aromatic heterocycles. The van der Waals surface area contributed by atoms with Crippen molar-refractivity contribution in [3.8, 4) is 0 Å². The van der Waals surface area contributed by atoms with Crippen LogP contribution >= 0.6 is 11.6 Å². The van der Waals surface area contributed by atoms with Crippen molar-refractivity contribution in [3.63, 3.8) is 0 Å². The Hall–Kier alpha value is -0.520. The molecule has 118 valence electrons. The molecular weight excluding hydrogens is 310 g/mol. The standard InChI is InChI=1S/C15H22ClNO3S/c1-10-13(9-16)15(11(2)20-10)21(18,19)17-8-4-6-12-5-3-7-14(12)17/h12,14H,3-9H2,1-2H3. The highest BCUT2D eigenvalue weighted by Crippen LogP contribution is 2.41. The number of hydrogen-bond donors (Lipinski definition) is 0. The summed E-state index contributed by atoms with van der Waals surface area (Å²) in [6.07, 6.45) is 5.38. The van der Waals surface area contributed by atoms with E-state index in [9.17, 15) is 8.42 Å². The number of furan rings is 1. The number of fused-ring (bicyclic) bond motifs is 1. The van der Waals surface area contributed by atoms with Gasteiger partial charge in [-0.25, -0.2) is 8.42 Å². The van der Waals surface area contributed by atoms with Crippen LogP contribution in [0.15, 0.2) is 9.31 Å². The second-order valence-electron chi connectivity index (χ2n) is 6.17. The van der Waals surface area contributed by atoms with Crippen molar-refractivity contribution >= 4 is 21.6 Å². The van der Waals surface area contributed by atoms with Gasteiger partial charge in [-0.3, -0.25) is 0 Å². The first-order valence-electron chi connectivity index (χ1n) is 7.63. The third kappa shape index (κ3) is 2.43. The van der Waals surface area contributed by atoms with Gasteiger partial charge in [-0.15, -0.1) is 11.6 Å². The van der Waals surface area contributed by atoms with E-state index in [4.69, 9.17) is 16.0 Å². The molecule has 0 N–H and O–H groups in total. The molecule has 2 unspecified atom stereocenters. The van der Waals surface area contributed by atoms with Crippen molar-refractivity contribution in [2.75, 3.05) is 6.54 Å². The maximum atomic E-state index is 13.2. The molecule has 3 rings (SSSR count). The Kier molecular flexibility index (Phi) is 4.10. The molecule has 0 spiro atoms. The fraction of sp³-hybridized carbons (Fsp3) is 0.733. The number of sulfonamides is 1. The Bertz CT molecular complexity index is 638. The van der Waals surface area contributed by atoms with E-state index < -0.39 is 10.0 Å². The molecule has 2 fully saturated rings. The molecule has 0 bridgehead atoms. The Morgan fingerprint density at radius 2 is 1.90 bits per heavy atom. The summed E-state index contributed by atoms with van der Waals surface area (Å²) in [6, 6.07) is 0.168. The van der Waals surface area contributed by atoms with Gasteiger partial charge in [-0.05, 0) is 45.4 Å². The molecule has 2 heterocycles. The second-order valence-corrected chi connectivity index (χ2v) is 8.27. The zero-order valence-corrected chi connectivity index (χ0v) is 14.1. The highest BCUT2D eigenvalue weighted by atomic mass is 35.5. The summed E-state index contributed by atoms with van der Waals surface area (Å²) in [5.74, 6) is 1.77. The molecule has 0 amide bonds. The molecule has 2 atom stereocenters. The van der Waals surface area contributed by atoms with E-state index in [2.05, 4.69) is 0 Å². The lowest BCUT2D eigenvalue weighted by molar-refractivity contribution is 0.202. The molecule has 2 aliphatic rings. The van der Waals surface area contributed by atoms with Crippen LogP contribution in [0, 0.1) is 19.8 Å². The van der Waals surface area contributed by atoms with Crippen LogP contribution in [0.3, 0.4) is 0 Å². The van der Waals surface area contributed by atoms with Gasteiger partial charge >= 0.3 is 0 Å². The molecule has 6 heteroatoms. The van der Waals surface area contributed by atoms with Gasteiger partial charge in [0.25, 0.3) is 0 Å². The van der Waals surface area contributed by atoms with Gasteiger partial charge in [0.15, 0.2) is 0 Å². The van der Waals surface area contributed by atoms with Crippen molar-refractivity contribution in [2.24, 2.45) is 5.92 Å². The largest absolute Gasteiger partial charge is 0.465 e. The van der Waals surface area contributed by atoms with E-state index in [1.54, 1.807) is 18.2 Å². The number of rotatable bonds is 3. The summed E-state index contributed by atoms with van der Waals surface area (Å²) >= 11 is 5.96. The lowest BCUT2D eigenvalue weighted by Gasteiger charge is -2.36. The van der Waals surface area contributed by atoms with E-state index in [-0.39, 0.29) is 11.9 Å². The lowest BCUT2D eigenvalue weighted by atomic mass is 9.94. The highest BCUT2D eigenvalue weighted by Gasteiger charge is 2.43. The first kappa shape index (κ1) is 15.4.